The molecule has 0 N–H and O–H groups in total. The van der Waals surface area contributed by atoms with E-state index >= 15 is 0 Å². The lowest BCUT2D eigenvalue weighted by Crippen LogP contribution is -2.50. The third kappa shape index (κ3) is 3.77. The van der Waals surface area contributed by atoms with Crippen LogP contribution in [0.1, 0.15) is 21.5 Å². The molecule has 0 saturated carbocycles. The fourth-order valence-electron chi connectivity index (χ4n) is 3.13. The van der Waals surface area contributed by atoms with E-state index in [-0.39, 0.29) is 19.0 Å². The summed E-state index contributed by atoms with van der Waals surface area (Å²) in [7, 11) is -3.55. The van der Waals surface area contributed by atoms with Crippen LogP contribution in [0.15, 0.2) is 47.4 Å². The van der Waals surface area contributed by atoms with Crippen LogP contribution in [-0.4, -0.2) is 49.7 Å². The molecule has 0 aromatic heterocycles. The highest BCUT2D eigenvalue weighted by Gasteiger charge is 2.31. The van der Waals surface area contributed by atoms with Crippen LogP contribution in [0.25, 0.3) is 0 Å². The second-order valence-electron chi connectivity index (χ2n) is 6.47. The Hall–Kier alpha value is -1.89. The summed E-state index contributed by atoms with van der Waals surface area (Å²) in [6, 6.07) is 12.1. The maximum atomic E-state index is 12.9. The van der Waals surface area contributed by atoms with E-state index in [0.717, 1.165) is 11.1 Å². The number of carbonyl (C=O) groups is 1. The third-order valence-electron chi connectivity index (χ3n) is 4.57. The van der Waals surface area contributed by atoms with E-state index in [1.165, 1.54) is 4.31 Å². The molecule has 26 heavy (non-hydrogen) atoms. The first-order valence-corrected chi connectivity index (χ1v) is 10.2. The van der Waals surface area contributed by atoms with Gasteiger partial charge in [0.15, 0.2) is 0 Å². The molecule has 0 aliphatic carbocycles. The van der Waals surface area contributed by atoms with Gasteiger partial charge in [0.25, 0.3) is 5.91 Å². The van der Waals surface area contributed by atoms with Crippen LogP contribution in [0.5, 0.6) is 0 Å². The number of rotatable bonds is 3. The van der Waals surface area contributed by atoms with Crippen LogP contribution in [0.2, 0.25) is 5.02 Å². The molecule has 0 bridgehead atoms. The van der Waals surface area contributed by atoms with Crippen molar-refractivity contribution in [2.24, 2.45) is 0 Å². The number of benzene rings is 2. The van der Waals surface area contributed by atoms with Crippen LogP contribution in [0.4, 0.5) is 0 Å². The molecule has 1 aliphatic rings. The van der Waals surface area contributed by atoms with Crippen molar-refractivity contribution in [1.82, 2.24) is 9.21 Å². The number of carbonyl (C=O) groups excluding carboxylic acids is 1. The minimum Gasteiger partial charge on any atom is -0.336 e. The topological polar surface area (TPSA) is 57.7 Å². The average Bonchev–Trinajstić information content (AvgIpc) is 2.61. The minimum absolute atomic E-state index is 0.106. The molecule has 0 unspecified atom stereocenters. The van der Waals surface area contributed by atoms with E-state index in [9.17, 15) is 13.2 Å². The first-order valence-electron chi connectivity index (χ1n) is 8.41. The van der Waals surface area contributed by atoms with Crippen molar-refractivity contribution in [2.75, 3.05) is 26.2 Å². The van der Waals surface area contributed by atoms with E-state index < -0.39 is 10.0 Å². The quantitative estimate of drug-likeness (QED) is 0.806. The molecular weight excluding hydrogens is 372 g/mol. The Morgan fingerprint density at radius 2 is 1.58 bits per heavy atom. The Kier molecular flexibility index (Phi) is 5.37. The first kappa shape index (κ1) is 18.9. The number of hydrogen-bond donors (Lipinski definition) is 0. The van der Waals surface area contributed by atoms with Gasteiger partial charge in [-0.3, -0.25) is 4.79 Å². The Morgan fingerprint density at radius 1 is 0.962 bits per heavy atom. The molecule has 138 valence electrons. The normalized spacial score (nSPS) is 15.9. The number of halogens is 1. The Morgan fingerprint density at radius 3 is 2.15 bits per heavy atom. The first-order chi connectivity index (χ1) is 12.3. The second-order valence-corrected chi connectivity index (χ2v) is 8.81. The van der Waals surface area contributed by atoms with Crippen molar-refractivity contribution in [3.8, 4) is 0 Å². The third-order valence-corrected chi connectivity index (χ3v) is 6.88. The monoisotopic (exact) mass is 392 g/mol. The van der Waals surface area contributed by atoms with Gasteiger partial charge in [0.05, 0.1) is 4.90 Å². The van der Waals surface area contributed by atoms with Crippen LogP contribution >= 0.6 is 11.6 Å². The lowest BCUT2D eigenvalue weighted by molar-refractivity contribution is 0.0698. The molecule has 0 spiro atoms. The Labute approximate surface area is 159 Å². The van der Waals surface area contributed by atoms with Gasteiger partial charge in [-0.1, -0.05) is 29.3 Å². The maximum absolute atomic E-state index is 12.9. The number of piperazine rings is 1. The fourth-order valence-corrected chi connectivity index (χ4v) is 4.89. The SMILES string of the molecule is Cc1ccc(S(=O)(=O)N2CCN(C(=O)c3ccc(Cl)cc3)CC2)c(C)c1. The Bertz CT molecular complexity index is 918. The summed E-state index contributed by atoms with van der Waals surface area (Å²) in [5.74, 6) is -0.106. The summed E-state index contributed by atoms with van der Waals surface area (Å²) >= 11 is 5.85. The van der Waals surface area contributed by atoms with E-state index in [1.807, 2.05) is 13.0 Å². The van der Waals surface area contributed by atoms with Gasteiger partial charge in [0.1, 0.15) is 0 Å². The summed E-state index contributed by atoms with van der Waals surface area (Å²) in [4.78, 5) is 14.6. The van der Waals surface area contributed by atoms with Gasteiger partial charge in [-0.2, -0.15) is 4.31 Å². The summed E-state index contributed by atoms with van der Waals surface area (Å²) in [5.41, 5.74) is 2.32. The van der Waals surface area contributed by atoms with E-state index in [2.05, 4.69) is 0 Å². The summed E-state index contributed by atoms with van der Waals surface area (Å²) in [6.45, 7) is 5.05. The van der Waals surface area contributed by atoms with Crippen LogP contribution < -0.4 is 0 Å². The smallest absolute Gasteiger partial charge is 0.253 e. The zero-order valence-electron chi connectivity index (χ0n) is 14.8. The van der Waals surface area contributed by atoms with Crippen molar-refractivity contribution in [2.45, 2.75) is 18.7 Å². The van der Waals surface area contributed by atoms with Gasteiger partial charge in [0, 0.05) is 36.8 Å². The summed E-state index contributed by atoms with van der Waals surface area (Å²) in [5, 5.41) is 0.575. The zero-order chi connectivity index (χ0) is 18.9. The van der Waals surface area contributed by atoms with Gasteiger partial charge < -0.3 is 4.90 Å². The molecule has 0 radical (unpaired) electrons. The van der Waals surface area contributed by atoms with Gasteiger partial charge >= 0.3 is 0 Å². The highest BCUT2D eigenvalue weighted by Crippen LogP contribution is 2.22. The average molecular weight is 393 g/mol. The van der Waals surface area contributed by atoms with E-state index in [4.69, 9.17) is 11.6 Å². The lowest BCUT2D eigenvalue weighted by Gasteiger charge is -2.34. The Balaban J connectivity index is 1.71. The summed E-state index contributed by atoms with van der Waals surface area (Å²) in [6.07, 6.45) is 0. The van der Waals surface area contributed by atoms with Crippen molar-refractivity contribution in [3.05, 3.63) is 64.2 Å². The molecule has 1 saturated heterocycles. The molecule has 5 nitrogen and oxygen atoms in total. The fraction of sp³-hybridized carbons (Fsp3) is 0.316. The standard InChI is InChI=1S/C19H21ClN2O3S/c1-14-3-8-18(15(2)13-14)26(24,25)22-11-9-21(10-12-22)19(23)16-4-6-17(20)7-5-16/h3-8,13H,9-12H2,1-2H3. The molecule has 1 amide bonds. The second kappa shape index (κ2) is 7.39. The number of sulfonamides is 1. The van der Waals surface area contributed by atoms with Crippen LogP contribution in [0.3, 0.4) is 0 Å². The molecular formula is C19H21ClN2O3S. The van der Waals surface area contributed by atoms with Gasteiger partial charge in [-0.15, -0.1) is 0 Å². The highest BCUT2D eigenvalue weighted by atomic mass is 35.5. The molecule has 1 heterocycles. The van der Waals surface area contributed by atoms with Crippen molar-refractivity contribution >= 4 is 27.5 Å². The predicted octanol–water partition coefficient (Wildman–Crippen LogP) is 3.10. The zero-order valence-corrected chi connectivity index (χ0v) is 16.3. The van der Waals surface area contributed by atoms with Gasteiger partial charge in [-0.25, -0.2) is 8.42 Å². The maximum Gasteiger partial charge on any atom is 0.253 e. The molecule has 1 aliphatic heterocycles. The molecule has 2 aromatic carbocycles. The molecule has 0 atom stereocenters. The summed E-state index contributed by atoms with van der Waals surface area (Å²) < 4.78 is 27.3. The number of nitrogens with zero attached hydrogens (tertiary/aromatic N) is 2. The number of aryl methyl sites for hydroxylation is 2. The van der Waals surface area contributed by atoms with Crippen molar-refractivity contribution in [1.29, 1.82) is 0 Å². The van der Waals surface area contributed by atoms with Crippen LogP contribution in [-0.2, 0) is 10.0 Å². The van der Waals surface area contributed by atoms with E-state index in [1.54, 1.807) is 48.2 Å². The van der Waals surface area contributed by atoms with E-state index in [0.29, 0.717) is 28.6 Å². The number of hydrogen-bond acceptors (Lipinski definition) is 3. The molecule has 2 aromatic rings. The number of amides is 1. The van der Waals surface area contributed by atoms with Crippen molar-refractivity contribution in [3.63, 3.8) is 0 Å². The minimum atomic E-state index is -3.55. The van der Waals surface area contributed by atoms with Gasteiger partial charge in [0.2, 0.25) is 10.0 Å². The largest absolute Gasteiger partial charge is 0.336 e. The predicted molar refractivity (Wildman–Crippen MR) is 102 cm³/mol. The van der Waals surface area contributed by atoms with Crippen molar-refractivity contribution < 1.29 is 13.2 Å². The molecule has 1 fully saturated rings. The van der Waals surface area contributed by atoms with Crippen LogP contribution in [0, 0.1) is 13.8 Å². The lowest BCUT2D eigenvalue weighted by atomic mass is 10.2. The molecule has 7 heteroatoms. The van der Waals surface area contributed by atoms with Gasteiger partial charge in [-0.05, 0) is 49.7 Å². The molecule has 3 rings (SSSR count). The highest BCUT2D eigenvalue weighted by molar-refractivity contribution is 7.89.